The Balaban J connectivity index is 1.71. The van der Waals surface area contributed by atoms with Crippen LogP contribution in [0.2, 0.25) is 0 Å². The van der Waals surface area contributed by atoms with E-state index in [4.69, 9.17) is 0 Å². The van der Waals surface area contributed by atoms with Gasteiger partial charge in [0.25, 0.3) is 11.6 Å². The Morgan fingerprint density at radius 1 is 1.15 bits per heavy atom. The first-order chi connectivity index (χ1) is 15.9. The first kappa shape index (κ1) is 21.9. The summed E-state index contributed by atoms with van der Waals surface area (Å²) in [5, 5.41) is 26.4. The summed E-state index contributed by atoms with van der Waals surface area (Å²) >= 11 is 1.24. The third-order valence-corrected chi connectivity index (χ3v) is 5.97. The van der Waals surface area contributed by atoms with Crippen LogP contribution in [0.1, 0.15) is 21.7 Å². The predicted molar refractivity (Wildman–Crippen MR) is 125 cm³/mol. The van der Waals surface area contributed by atoms with Crippen LogP contribution in [0.3, 0.4) is 0 Å². The molecule has 0 bridgehead atoms. The van der Waals surface area contributed by atoms with Gasteiger partial charge in [-0.05, 0) is 49.8 Å². The van der Waals surface area contributed by atoms with Crippen molar-refractivity contribution in [2.24, 2.45) is 0 Å². The molecule has 0 saturated heterocycles. The minimum absolute atomic E-state index is 0.127. The van der Waals surface area contributed by atoms with Crippen LogP contribution in [-0.2, 0) is 0 Å². The van der Waals surface area contributed by atoms with Gasteiger partial charge in [0.15, 0.2) is 0 Å². The smallest absolute Gasteiger partial charge is 0.266 e. The zero-order valence-corrected chi connectivity index (χ0v) is 18.5. The zero-order chi connectivity index (χ0) is 23.5. The molecule has 0 spiro atoms. The van der Waals surface area contributed by atoms with Crippen LogP contribution >= 0.6 is 11.8 Å². The van der Waals surface area contributed by atoms with Crippen molar-refractivity contribution in [2.75, 3.05) is 0 Å². The van der Waals surface area contributed by atoms with Gasteiger partial charge in [-0.2, -0.15) is 10.4 Å². The lowest BCUT2D eigenvalue weighted by Crippen LogP contribution is -2.15. The highest BCUT2D eigenvalue weighted by Gasteiger charge is 2.19. The highest BCUT2D eigenvalue weighted by Crippen LogP contribution is 2.38. The number of carbonyl (C=O) groups excluding carboxylic acids is 1. The van der Waals surface area contributed by atoms with Crippen molar-refractivity contribution in [3.05, 3.63) is 93.4 Å². The van der Waals surface area contributed by atoms with Crippen molar-refractivity contribution >= 4 is 40.3 Å². The molecule has 2 aromatic heterocycles. The third-order valence-electron chi connectivity index (χ3n) is 4.86. The van der Waals surface area contributed by atoms with Gasteiger partial charge in [-0.1, -0.05) is 36.0 Å². The van der Waals surface area contributed by atoms with Gasteiger partial charge < -0.3 is 0 Å². The third kappa shape index (κ3) is 4.51. The fourth-order valence-electron chi connectivity index (χ4n) is 3.39. The molecule has 0 aliphatic rings. The fourth-order valence-corrected chi connectivity index (χ4v) is 4.41. The summed E-state index contributed by atoms with van der Waals surface area (Å²) in [4.78, 5) is 29.7. The van der Waals surface area contributed by atoms with E-state index in [0.29, 0.717) is 21.8 Å². The summed E-state index contributed by atoms with van der Waals surface area (Å²) < 4.78 is 1.15. The molecule has 8 nitrogen and oxygen atoms in total. The van der Waals surface area contributed by atoms with E-state index in [2.05, 4.69) is 10.1 Å². The Morgan fingerprint density at radius 3 is 2.64 bits per heavy atom. The largest absolute Gasteiger partial charge is 0.289 e. The SMILES string of the molecule is Cc1cc(C)n(C(=O)/C(C#N)=C/c2ccc(Sc3cccc4cccnc34)c([N+](=O)[O-])c2)n1. The second kappa shape index (κ2) is 9.06. The quantitative estimate of drug-likeness (QED) is 0.172. The van der Waals surface area contributed by atoms with Gasteiger partial charge in [-0.25, -0.2) is 4.68 Å². The normalized spacial score (nSPS) is 11.4. The lowest BCUT2D eigenvalue weighted by molar-refractivity contribution is -0.387. The van der Waals surface area contributed by atoms with E-state index in [-0.39, 0.29) is 11.3 Å². The molecule has 0 N–H and O–H groups in total. The number of fused-ring (bicyclic) bond motifs is 1. The number of rotatable bonds is 5. The van der Waals surface area contributed by atoms with Crippen LogP contribution in [0.15, 0.2) is 76.2 Å². The molecule has 0 saturated carbocycles. The summed E-state index contributed by atoms with van der Waals surface area (Å²) in [5.41, 5.74) is 2.07. The van der Waals surface area contributed by atoms with Gasteiger partial charge in [0.2, 0.25) is 0 Å². The Morgan fingerprint density at radius 2 is 1.94 bits per heavy atom. The van der Waals surface area contributed by atoms with Crippen LogP contribution < -0.4 is 0 Å². The van der Waals surface area contributed by atoms with Gasteiger partial charge >= 0.3 is 0 Å². The topological polar surface area (TPSA) is 115 Å². The Kier molecular flexibility index (Phi) is 6.02. The van der Waals surface area contributed by atoms with Crippen LogP contribution in [0.25, 0.3) is 17.0 Å². The maximum atomic E-state index is 12.7. The molecular weight excluding hydrogens is 438 g/mol. The zero-order valence-electron chi connectivity index (χ0n) is 17.7. The number of nitro groups is 1. The van der Waals surface area contributed by atoms with Crippen LogP contribution in [-0.4, -0.2) is 25.6 Å². The van der Waals surface area contributed by atoms with Crippen molar-refractivity contribution in [2.45, 2.75) is 23.6 Å². The number of nitro benzene ring substituents is 1. The first-order valence-corrected chi connectivity index (χ1v) is 10.7. The lowest BCUT2D eigenvalue weighted by atomic mass is 10.1. The van der Waals surface area contributed by atoms with Crippen molar-refractivity contribution in [3.8, 4) is 6.07 Å². The molecule has 0 radical (unpaired) electrons. The van der Waals surface area contributed by atoms with E-state index >= 15 is 0 Å². The maximum absolute atomic E-state index is 12.7. The molecule has 9 heteroatoms. The molecule has 0 fully saturated rings. The van der Waals surface area contributed by atoms with E-state index in [1.54, 1.807) is 38.2 Å². The average molecular weight is 455 g/mol. The second-order valence-corrected chi connectivity index (χ2v) is 8.32. The number of nitriles is 1. The van der Waals surface area contributed by atoms with E-state index in [1.807, 2.05) is 36.4 Å². The van der Waals surface area contributed by atoms with Gasteiger partial charge in [-0.15, -0.1) is 0 Å². The van der Waals surface area contributed by atoms with Crippen molar-refractivity contribution < 1.29 is 9.72 Å². The van der Waals surface area contributed by atoms with Crippen molar-refractivity contribution in [1.82, 2.24) is 14.8 Å². The lowest BCUT2D eigenvalue weighted by Gasteiger charge is -2.07. The number of hydrogen-bond donors (Lipinski definition) is 0. The number of hydrogen-bond acceptors (Lipinski definition) is 7. The summed E-state index contributed by atoms with van der Waals surface area (Å²) in [6.07, 6.45) is 3.01. The Bertz CT molecular complexity index is 1480. The number of allylic oxidation sites excluding steroid dienone is 1. The van der Waals surface area contributed by atoms with Crippen molar-refractivity contribution in [3.63, 3.8) is 0 Å². The number of aromatic nitrogens is 3. The van der Waals surface area contributed by atoms with Crippen LogP contribution in [0, 0.1) is 35.3 Å². The molecule has 2 aromatic carbocycles. The number of benzene rings is 2. The maximum Gasteiger partial charge on any atom is 0.289 e. The number of carbonyl (C=O) groups is 1. The number of para-hydroxylation sites is 1. The molecule has 162 valence electrons. The standard InChI is InChI=1S/C24H17N5O3S/c1-15-11-16(2)28(27-15)24(30)19(14-25)12-17-8-9-21(20(13-17)29(31)32)33-22-7-3-5-18-6-4-10-26-23(18)22/h3-13H,1-2H3/b19-12+. The predicted octanol–water partition coefficient (Wildman–Crippen LogP) is 5.35. The molecule has 0 atom stereocenters. The highest BCUT2D eigenvalue weighted by atomic mass is 32.2. The molecular formula is C24H17N5O3S. The van der Waals surface area contributed by atoms with E-state index in [9.17, 15) is 20.2 Å². The molecule has 0 aliphatic carbocycles. The van der Waals surface area contributed by atoms with Gasteiger partial charge in [0, 0.05) is 28.2 Å². The first-order valence-electron chi connectivity index (χ1n) is 9.87. The Labute approximate surface area is 193 Å². The summed E-state index contributed by atoms with van der Waals surface area (Å²) in [7, 11) is 0. The molecule has 4 aromatic rings. The van der Waals surface area contributed by atoms with Crippen LogP contribution in [0.5, 0.6) is 0 Å². The highest BCUT2D eigenvalue weighted by molar-refractivity contribution is 7.99. The van der Waals surface area contributed by atoms with Gasteiger partial charge in [0.1, 0.15) is 11.6 Å². The molecule has 0 unspecified atom stereocenters. The van der Waals surface area contributed by atoms with E-state index in [0.717, 1.165) is 20.5 Å². The number of pyridine rings is 1. The van der Waals surface area contributed by atoms with E-state index < -0.39 is 10.8 Å². The average Bonchev–Trinajstić information content (AvgIpc) is 3.15. The number of aryl methyl sites for hydroxylation is 2. The summed E-state index contributed by atoms with van der Waals surface area (Å²) in [5.74, 6) is -0.592. The molecule has 4 rings (SSSR count). The molecule has 0 aliphatic heterocycles. The molecule has 0 amide bonds. The minimum Gasteiger partial charge on any atom is -0.266 e. The summed E-state index contributed by atoms with van der Waals surface area (Å²) in [6, 6.07) is 17.6. The second-order valence-electron chi connectivity index (χ2n) is 7.23. The Hall–Kier alpha value is -4.29. The molecule has 2 heterocycles. The van der Waals surface area contributed by atoms with Gasteiger partial charge in [-0.3, -0.25) is 19.9 Å². The van der Waals surface area contributed by atoms with Gasteiger partial charge in [0.05, 0.1) is 21.0 Å². The van der Waals surface area contributed by atoms with E-state index in [1.165, 1.54) is 23.9 Å². The number of nitrogens with zero attached hydrogens (tertiary/aromatic N) is 5. The van der Waals surface area contributed by atoms with Crippen molar-refractivity contribution in [1.29, 1.82) is 5.26 Å². The van der Waals surface area contributed by atoms with Crippen LogP contribution in [0.4, 0.5) is 5.69 Å². The monoisotopic (exact) mass is 455 g/mol. The summed E-state index contributed by atoms with van der Waals surface area (Å²) in [6.45, 7) is 3.46. The molecule has 33 heavy (non-hydrogen) atoms. The minimum atomic E-state index is -0.592. The fraction of sp³-hybridized carbons (Fsp3) is 0.0833.